The van der Waals surface area contributed by atoms with E-state index in [2.05, 4.69) is 10.2 Å². The van der Waals surface area contributed by atoms with Crippen molar-refractivity contribution in [3.05, 3.63) is 58.6 Å². The Morgan fingerprint density at radius 3 is 2.34 bits per heavy atom. The number of halogens is 1. The van der Waals surface area contributed by atoms with Gasteiger partial charge in [0, 0.05) is 37.4 Å². The van der Waals surface area contributed by atoms with Crippen molar-refractivity contribution in [3.8, 4) is 0 Å². The highest BCUT2D eigenvalue weighted by atomic mass is 35.5. The molecule has 1 heterocycles. The molecule has 0 aliphatic carbocycles. The summed E-state index contributed by atoms with van der Waals surface area (Å²) in [6, 6.07) is 12.2. The predicted molar refractivity (Wildman–Crippen MR) is 127 cm³/mol. The monoisotopic (exact) mass is 479 g/mol. The lowest BCUT2D eigenvalue weighted by atomic mass is 10.1. The van der Waals surface area contributed by atoms with Crippen LogP contribution in [0.2, 0.25) is 5.02 Å². The van der Waals surface area contributed by atoms with E-state index in [0.717, 1.165) is 37.6 Å². The Bertz CT molecular complexity index is 1030. The van der Waals surface area contributed by atoms with Crippen LogP contribution >= 0.6 is 11.6 Å². The smallest absolute Gasteiger partial charge is 0.251 e. The van der Waals surface area contributed by atoms with Gasteiger partial charge >= 0.3 is 0 Å². The van der Waals surface area contributed by atoms with E-state index in [1.165, 1.54) is 22.5 Å². The van der Waals surface area contributed by atoms with E-state index < -0.39 is 10.0 Å². The lowest BCUT2D eigenvalue weighted by Gasteiger charge is -2.29. The quantitative estimate of drug-likeness (QED) is 0.624. The fraction of sp³-hybridized carbons (Fsp3) is 0.435. The number of carbonyl (C=O) groups is 1. The van der Waals surface area contributed by atoms with Gasteiger partial charge in [0.1, 0.15) is 4.90 Å². The number of nitrogens with one attached hydrogen (secondary N) is 1. The number of ether oxygens (including phenoxy) is 1. The van der Waals surface area contributed by atoms with E-state index in [-0.39, 0.29) is 27.4 Å². The Morgan fingerprint density at radius 2 is 1.75 bits per heavy atom. The minimum atomic E-state index is -3.78. The molecule has 174 valence electrons. The van der Waals surface area contributed by atoms with Crippen molar-refractivity contribution < 1.29 is 17.9 Å². The first-order valence-corrected chi connectivity index (χ1v) is 12.6. The second-order valence-corrected chi connectivity index (χ2v) is 9.93. The molecular weight excluding hydrogens is 450 g/mol. The average Bonchev–Trinajstić information content (AvgIpc) is 2.80. The van der Waals surface area contributed by atoms with Crippen LogP contribution in [0.3, 0.4) is 0 Å². The fourth-order valence-corrected chi connectivity index (χ4v) is 5.66. The van der Waals surface area contributed by atoms with Crippen molar-refractivity contribution >= 4 is 33.2 Å². The summed E-state index contributed by atoms with van der Waals surface area (Å²) in [7, 11) is -3.78. The van der Waals surface area contributed by atoms with Gasteiger partial charge in [-0.25, -0.2) is 8.42 Å². The van der Waals surface area contributed by atoms with Crippen LogP contribution in [0.1, 0.15) is 42.7 Å². The number of benzene rings is 2. The van der Waals surface area contributed by atoms with Crippen LogP contribution in [0.15, 0.2) is 47.4 Å². The molecule has 2 aromatic rings. The third kappa shape index (κ3) is 5.43. The highest BCUT2D eigenvalue weighted by Gasteiger charge is 2.26. The minimum absolute atomic E-state index is 0.0574. The molecule has 2 aromatic carbocycles. The summed E-state index contributed by atoms with van der Waals surface area (Å²) < 4.78 is 32.5. The second kappa shape index (κ2) is 10.7. The van der Waals surface area contributed by atoms with E-state index in [9.17, 15) is 13.2 Å². The summed E-state index contributed by atoms with van der Waals surface area (Å²) in [5.74, 6) is -0.359. The number of rotatable bonds is 8. The number of nitrogens with zero attached hydrogens (tertiary/aromatic N) is 2. The maximum Gasteiger partial charge on any atom is 0.251 e. The third-order valence-corrected chi connectivity index (χ3v) is 8.17. The van der Waals surface area contributed by atoms with Crippen LogP contribution in [-0.2, 0) is 14.8 Å². The molecule has 1 amide bonds. The average molecular weight is 480 g/mol. The van der Waals surface area contributed by atoms with Gasteiger partial charge in [0.05, 0.1) is 24.3 Å². The zero-order chi connectivity index (χ0) is 23.3. The topological polar surface area (TPSA) is 79.0 Å². The minimum Gasteiger partial charge on any atom is -0.378 e. The molecule has 3 rings (SSSR count). The van der Waals surface area contributed by atoms with Crippen molar-refractivity contribution in [1.82, 2.24) is 9.62 Å². The van der Waals surface area contributed by atoms with Gasteiger partial charge in [0.2, 0.25) is 10.0 Å². The maximum absolute atomic E-state index is 12.9. The Hall–Kier alpha value is -2.13. The van der Waals surface area contributed by atoms with Gasteiger partial charge in [-0.1, -0.05) is 37.6 Å². The first-order chi connectivity index (χ1) is 15.3. The van der Waals surface area contributed by atoms with Crippen LogP contribution in [0, 0.1) is 0 Å². The summed E-state index contributed by atoms with van der Waals surface area (Å²) in [4.78, 5) is 15.1. The molecule has 1 aliphatic rings. The van der Waals surface area contributed by atoms with Gasteiger partial charge < -0.3 is 15.0 Å². The van der Waals surface area contributed by atoms with E-state index in [0.29, 0.717) is 13.1 Å². The lowest BCUT2D eigenvalue weighted by molar-refractivity contribution is 0.0939. The molecule has 1 atom stereocenters. The highest BCUT2D eigenvalue weighted by molar-refractivity contribution is 7.89. The lowest BCUT2D eigenvalue weighted by Crippen LogP contribution is -2.36. The maximum atomic E-state index is 12.9. The molecule has 0 aromatic heterocycles. The molecule has 7 nitrogen and oxygen atoms in total. The molecule has 9 heteroatoms. The van der Waals surface area contributed by atoms with Crippen LogP contribution in [0.4, 0.5) is 5.69 Å². The normalized spacial score (nSPS) is 15.6. The zero-order valence-corrected chi connectivity index (χ0v) is 20.2. The predicted octanol–water partition coefficient (Wildman–Crippen LogP) is 3.70. The molecule has 32 heavy (non-hydrogen) atoms. The van der Waals surface area contributed by atoms with Crippen LogP contribution in [0.5, 0.6) is 0 Å². The number of carbonyl (C=O) groups excluding carboxylic acids is 1. The van der Waals surface area contributed by atoms with Crippen molar-refractivity contribution in [3.63, 3.8) is 0 Å². The van der Waals surface area contributed by atoms with Crippen molar-refractivity contribution in [2.75, 3.05) is 44.3 Å². The van der Waals surface area contributed by atoms with Crippen LogP contribution in [-0.4, -0.2) is 58.0 Å². The Kier molecular flexibility index (Phi) is 8.16. The second-order valence-electron chi connectivity index (χ2n) is 7.62. The first-order valence-electron chi connectivity index (χ1n) is 10.8. The molecule has 1 aliphatic heterocycles. The first kappa shape index (κ1) is 24.5. The van der Waals surface area contributed by atoms with E-state index in [1.807, 2.05) is 31.2 Å². The van der Waals surface area contributed by atoms with Crippen molar-refractivity contribution in [1.29, 1.82) is 0 Å². The zero-order valence-electron chi connectivity index (χ0n) is 18.7. The number of sulfonamides is 1. The number of amides is 1. The largest absolute Gasteiger partial charge is 0.378 e. The van der Waals surface area contributed by atoms with Gasteiger partial charge in [0.15, 0.2) is 0 Å². The fourth-order valence-electron chi connectivity index (χ4n) is 3.70. The van der Waals surface area contributed by atoms with E-state index in [1.54, 1.807) is 13.8 Å². The molecule has 1 saturated heterocycles. The van der Waals surface area contributed by atoms with Gasteiger partial charge in [-0.3, -0.25) is 4.79 Å². The summed E-state index contributed by atoms with van der Waals surface area (Å²) in [6.07, 6.45) is 0. The molecule has 1 fully saturated rings. The van der Waals surface area contributed by atoms with Gasteiger partial charge in [0.25, 0.3) is 5.91 Å². The number of anilines is 1. The molecule has 0 radical (unpaired) electrons. The van der Waals surface area contributed by atoms with E-state index >= 15 is 0 Å². The van der Waals surface area contributed by atoms with Gasteiger partial charge in [-0.15, -0.1) is 0 Å². The summed E-state index contributed by atoms with van der Waals surface area (Å²) in [6.45, 7) is 9.23. The van der Waals surface area contributed by atoms with E-state index in [4.69, 9.17) is 16.3 Å². The Balaban J connectivity index is 1.74. The Labute approximate surface area is 195 Å². The molecular formula is C23H30ClN3O4S. The Morgan fingerprint density at radius 1 is 1.12 bits per heavy atom. The number of hydrogen-bond acceptors (Lipinski definition) is 5. The summed E-state index contributed by atoms with van der Waals surface area (Å²) in [5.41, 5.74) is 2.33. The molecule has 0 spiro atoms. The highest BCUT2D eigenvalue weighted by Crippen LogP contribution is 2.26. The van der Waals surface area contributed by atoms with Gasteiger partial charge in [-0.05, 0) is 42.8 Å². The van der Waals surface area contributed by atoms with Crippen molar-refractivity contribution in [2.24, 2.45) is 0 Å². The molecule has 1 unspecified atom stereocenters. The van der Waals surface area contributed by atoms with Crippen LogP contribution < -0.4 is 10.2 Å². The third-order valence-electron chi connectivity index (χ3n) is 5.63. The molecule has 1 N–H and O–H groups in total. The van der Waals surface area contributed by atoms with Crippen LogP contribution in [0.25, 0.3) is 0 Å². The summed E-state index contributed by atoms with van der Waals surface area (Å²) in [5, 5.41) is 3.04. The molecule has 0 saturated carbocycles. The van der Waals surface area contributed by atoms with Crippen molar-refractivity contribution in [2.45, 2.75) is 31.7 Å². The summed E-state index contributed by atoms with van der Waals surface area (Å²) >= 11 is 6.17. The standard InChI is InChI=1S/C23H30ClN3O4S/c1-4-27(5-2)32(29,30)22-16-19(8-11-21(22)24)23(28)25-17(3)18-6-9-20(10-7-18)26-12-14-31-15-13-26/h6-11,16-17H,4-5,12-15H2,1-3H3,(H,25,28). The number of hydrogen-bond donors (Lipinski definition) is 1. The number of morpholine rings is 1. The molecule has 0 bridgehead atoms. The SMILES string of the molecule is CCN(CC)S(=O)(=O)c1cc(C(=O)NC(C)c2ccc(N3CCOCC3)cc2)ccc1Cl. The van der Waals surface area contributed by atoms with Gasteiger partial charge in [-0.2, -0.15) is 4.31 Å².